The Morgan fingerprint density at radius 2 is 0.871 bits per heavy atom. The van der Waals surface area contributed by atoms with E-state index in [1.807, 2.05) is 0 Å². The van der Waals surface area contributed by atoms with Crippen molar-refractivity contribution in [1.82, 2.24) is 9.13 Å². The standard InChI is InChI=1S/C29H26N2/c1-29(2,31-27-17-9-5-13-23(27)24-14-6-10-18-28(24)31)19-20-30-25-15-7-3-11-21(25)22-12-4-8-16-26(22)30/h3-18H,19-20H2,1-2H3. The van der Waals surface area contributed by atoms with Crippen LogP contribution in [0, 0.1) is 0 Å². The zero-order valence-corrected chi connectivity index (χ0v) is 18.0. The third-order valence-electron chi connectivity index (χ3n) is 6.81. The Morgan fingerprint density at radius 1 is 0.516 bits per heavy atom. The summed E-state index contributed by atoms with van der Waals surface area (Å²) < 4.78 is 5.05. The van der Waals surface area contributed by atoms with Crippen LogP contribution in [0.15, 0.2) is 97.1 Å². The van der Waals surface area contributed by atoms with Gasteiger partial charge in [0.25, 0.3) is 0 Å². The van der Waals surface area contributed by atoms with E-state index in [0.29, 0.717) is 0 Å². The van der Waals surface area contributed by atoms with Crippen molar-refractivity contribution in [2.75, 3.05) is 0 Å². The van der Waals surface area contributed by atoms with Gasteiger partial charge in [-0.1, -0.05) is 72.8 Å². The van der Waals surface area contributed by atoms with Gasteiger partial charge in [-0.15, -0.1) is 0 Å². The summed E-state index contributed by atoms with van der Waals surface area (Å²) in [5, 5.41) is 5.35. The molecule has 0 atom stereocenters. The zero-order chi connectivity index (χ0) is 21.0. The first-order valence-electron chi connectivity index (χ1n) is 11.1. The highest BCUT2D eigenvalue weighted by Crippen LogP contribution is 2.36. The minimum atomic E-state index is -0.0326. The van der Waals surface area contributed by atoms with Crippen LogP contribution in [0.2, 0.25) is 0 Å². The molecule has 0 aliphatic rings. The molecule has 2 aromatic heterocycles. The summed E-state index contributed by atoms with van der Waals surface area (Å²) in [6.45, 7) is 5.72. The van der Waals surface area contributed by atoms with Gasteiger partial charge in [-0.05, 0) is 44.5 Å². The molecule has 4 aromatic carbocycles. The second-order valence-corrected chi connectivity index (χ2v) is 9.12. The second-order valence-electron chi connectivity index (χ2n) is 9.12. The van der Waals surface area contributed by atoms with Crippen LogP contribution in [-0.4, -0.2) is 9.13 Å². The molecule has 0 amide bonds. The smallest absolute Gasteiger partial charge is 0.0496 e. The Labute approximate surface area is 182 Å². The molecule has 0 aliphatic carbocycles. The van der Waals surface area contributed by atoms with Gasteiger partial charge < -0.3 is 9.13 Å². The third-order valence-corrected chi connectivity index (χ3v) is 6.81. The van der Waals surface area contributed by atoms with Gasteiger partial charge in [0.2, 0.25) is 0 Å². The fourth-order valence-corrected chi connectivity index (χ4v) is 5.32. The van der Waals surface area contributed by atoms with Crippen LogP contribution in [0.4, 0.5) is 0 Å². The zero-order valence-electron chi connectivity index (χ0n) is 18.0. The van der Waals surface area contributed by atoms with E-state index < -0.39 is 0 Å². The summed E-state index contributed by atoms with van der Waals surface area (Å²) in [6.07, 6.45) is 1.04. The monoisotopic (exact) mass is 402 g/mol. The maximum Gasteiger partial charge on any atom is 0.0496 e. The number of aryl methyl sites for hydroxylation is 1. The van der Waals surface area contributed by atoms with E-state index >= 15 is 0 Å². The average molecular weight is 403 g/mol. The molecule has 0 N–H and O–H groups in total. The molecule has 152 valence electrons. The minimum absolute atomic E-state index is 0.0326. The Bertz CT molecular complexity index is 1460. The molecule has 0 spiro atoms. The van der Waals surface area contributed by atoms with Gasteiger partial charge in [-0.2, -0.15) is 0 Å². The Balaban J connectivity index is 1.48. The molecular formula is C29H26N2. The molecule has 0 bridgehead atoms. The lowest BCUT2D eigenvalue weighted by Crippen LogP contribution is -2.27. The molecule has 31 heavy (non-hydrogen) atoms. The van der Waals surface area contributed by atoms with Crippen molar-refractivity contribution in [2.24, 2.45) is 0 Å². The highest BCUT2D eigenvalue weighted by molar-refractivity contribution is 6.09. The molecule has 0 aliphatic heterocycles. The molecule has 2 nitrogen and oxygen atoms in total. The number of hydrogen-bond acceptors (Lipinski definition) is 0. The normalized spacial score (nSPS) is 12.5. The predicted molar refractivity (Wildman–Crippen MR) is 133 cm³/mol. The molecule has 0 saturated carbocycles. The number of nitrogens with zero attached hydrogens (tertiary/aromatic N) is 2. The summed E-state index contributed by atoms with van der Waals surface area (Å²) in [6, 6.07) is 35.2. The van der Waals surface area contributed by atoms with E-state index in [9.17, 15) is 0 Å². The minimum Gasteiger partial charge on any atom is -0.340 e. The SMILES string of the molecule is CC(C)(CCn1c2ccccc2c2ccccc21)n1c2ccccc2c2ccccc21. The summed E-state index contributed by atoms with van der Waals surface area (Å²) in [4.78, 5) is 0. The van der Waals surface area contributed by atoms with E-state index in [4.69, 9.17) is 0 Å². The lowest BCUT2D eigenvalue weighted by atomic mass is 9.99. The molecule has 2 heterocycles. The van der Waals surface area contributed by atoms with Gasteiger partial charge >= 0.3 is 0 Å². The largest absolute Gasteiger partial charge is 0.340 e. The van der Waals surface area contributed by atoms with Gasteiger partial charge in [0, 0.05) is 55.7 Å². The van der Waals surface area contributed by atoms with Crippen molar-refractivity contribution in [3.8, 4) is 0 Å². The average Bonchev–Trinajstić information content (AvgIpc) is 3.31. The first-order chi connectivity index (χ1) is 15.1. The predicted octanol–water partition coefficient (Wildman–Crippen LogP) is 7.73. The summed E-state index contributed by atoms with van der Waals surface area (Å²) in [5.41, 5.74) is 5.24. The van der Waals surface area contributed by atoms with Crippen molar-refractivity contribution >= 4 is 43.6 Å². The molecule has 6 rings (SSSR count). The quantitative estimate of drug-likeness (QED) is 0.285. The molecular weight excluding hydrogens is 376 g/mol. The number of fused-ring (bicyclic) bond motifs is 6. The fraction of sp³-hybridized carbons (Fsp3) is 0.172. The second kappa shape index (κ2) is 6.75. The maximum absolute atomic E-state index is 2.55. The summed E-state index contributed by atoms with van der Waals surface area (Å²) in [7, 11) is 0. The van der Waals surface area contributed by atoms with Gasteiger partial charge in [0.05, 0.1) is 0 Å². The van der Waals surface area contributed by atoms with Gasteiger partial charge in [-0.25, -0.2) is 0 Å². The number of aromatic nitrogens is 2. The van der Waals surface area contributed by atoms with Crippen LogP contribution in [0.25, 0.3) is 43.6 Å². The number of para-hydroxylation sites is 4. The Morgan fingerprint density at radius 3 is 1.32 bits per heavy atom. The molecule has 6 aromatic rings. The topological polar surface area (TPSA) is 9.86 Å². The lowest BCUT2D eigenvalue weighted by Gasteiger charge is -2.30. The molecule has 0 unspecified atom stereocenters. The highest BCUT2D eigenvalue weighted by Gasteiger charge is 2.25. The summed E-state index contributed by atoms with van der Waals surface area (Å²) >= 11 is 0. The maximum atomic E-state index is 2.55. The van der Waals surface area contributed by atoms with E-state index in [2.05, 4.69) is 120 Å². The lowest BCUT2D eigenvalue weighted by molar-refractivity contribution is 0.330. The number of rotatable bonds is 4. The van der Waals surface area contributed by atoms with Crippen LogP contribution < -0.4 is 0 Å². The van der Waals surface area contributed by atoms with E-state index in [-0.39, 0.29) is 5.54 Å². The van der Waals surface area contributed by atoms with Crippen molar-refractivity contribution in [1.29, 1.82) is 0 Å². The highest BCUT2D eigenvalue weighted by atomic mass is 15.1. The fourth-order valence-electron chi connectivity index (χ4n) is 5.32. The molecule has 2 heteroatoms. The first kappa shape index (κ1) is 18.3. The Hall–Kier alpha value is -3.52. The number of benzene rings is 4. The Kier molecular flexibility index (Phi) is 3.97. The first-order valence-corrected chi connectivity index (χ1v) is 11.1. The van der Waals surface area contributed by atoms with Crippen LogP contribution in [0.1, 0.15) is 20.3 Å². The molecule has 0 radical (unpaired) electrons. The number of hydrogen-bond donors (Lipinski definition) is 0. The molecule has 0 saturated heterocycles. The van der Waals surface area contributed by atoms with Crippen LogP contribution in [-0.2, 0) is 12.1 Å². The summed E-state index contributed by atoms with van der Waals surface area (Å²) in [5.74, 6) is 0. The van der Waals surface area contributed by atoms with Crippen LogP contribution >= 0.6 is 0 Å². The van der Waals surface area contributed by atoms with Crippen molar-refractivity contribution in [2.45, 2.75) is 32.4 Å². The van der Waals surface area contributed by atoms with Crippen molar-refractivity contribution in [3.63, 3.8) is 0 Å². The third kappa shape index (κ3) is 2.71. The van der Waals surface area contributed by atoms with Gasteiger partial charge in [0.1, 0.15) is 0 Å². The van der Waals surface area contributed by atoms with E-state index in [1.165, 1.54) is 43.6 Å². The molecule has 0 fully saturated rings. The van der Waals surface area contributed by atoms with Crippen molar-refractivity contribution in [3.05, 3.63) is 97.1 Å². The van der Waals surface area contributed by atoms with Crippen molar-refractivity contribution < 1.29 is 0 Å². The van der Waals surface area contributed by atoms with E-state index in [0.717, 1.165) is 13.0 Å². The van der Waals surface area contributed by atoms with Crippen LogP contribution in [0.5, 0.6) is 0 Å². The van der Waals surface area contributed by atoms with Gasteiger partial charge in [-0.3, -0.25) is 0 Å². The van der Waals surface area contributed by atoms with E-state index in [1.54, 1.807) is 0 Å². The van der Waals surface area contributed by atoms with Crippen LogP contribution in [0.3, 0.4) is 0 Å². The van der Waals surface area contributed by atoms with Gasteiger partial charge in [0.15, 0.2) is 0 Å².